The van der Waals surface area contributed by atoms with Gasteiger partial charge in [0.1, 0.15) is 17.3 Å². The molecule has 31 heavy (non-hydrogen) atoms. The Kier molecular flexibility index (Phi) is 5.17. The summed E-state index contributed by atoms with van der Waals surface area (Å²) in [7, 11) is 0. The minimum Gasteiger partial charge on any atom is -0.356 e. The second kappa shape index (κ2) is 8.00. The van der Waals surface area contributed by atoms with Crippen molar-refractivity contribution in [2.24, 2.45) is 11.8 Å². The van der Waals surface area contributed by atoms with Gasteiger partial charge in [0.05, 0.1) is 18.4 Å². The fraction of sp³-hybridized carbons (Fsp3) is 0.391. The van der Waals surface area contributed by atoms with Crippen molar-refractivity contribution < 1.29 is 13.2 Å². The standard InChI is InChI=1S/C23H24F3N5/c24-23(25,26)20-7-4-8-22(30-20)31-13-16-9-10-18(17(16)14-31)27-12-21-28-11-19(29-21)15-5-2-1-3-6-15/h1-8,11,16-18,27H,9-10,12-14H2,(H,28,29)/t16-,17+,18+/m1/s1. The first kappa shape index (κ1) is 20.1. The molecule has 1 saturated carbocycles. The number of pyridine rings is 1. The van der Waals surface area contributed by atoms with Crippen molar-refractivity contribution in [3.8, 4) is 11.3 Å². The third kappa shape index (κ3) is 4.17. The maximum Gasteiger partial charge on any atom is 0.433 e. The summed E-state index contributed by atoms with van der Waals surface area (Å²) < 4.78 is 39.1. The van der Waals surface area contributed by atoms with Gasteiger partial charge in [-0.1, -0.05) is 36.4 Å². The van der Waals surface area contributed by atoms with Crippen LogP contribution in [-0.2, 0) is 12.7 Å². The van der Waals surface area contributed by atoms with E-state index in [-0.39, 0.29) is 0 Å². The van der Waals surface area contributed by atoms with Crippen LogP contribution in [0.25, 0.3) is 11.3 Å². The first-order valence-corrected chi connectivity index (χ1v) is 10.6. The molecule has 0 spiro atoms. The number of nitrogens with zero attached hydrogens (tertiary/aromatic N) is 3. The summed E-state index contributed by atoms with van der Waals surface area (Å²) in [6.07, 6.45) is -0.422. The highest BCUT2D eigenvalue weighted by Gasteiger charge is 2.43. The number of imidazole rings is 1. The van der Waals surface area contributed by atoms with E-state index in [0.717, 1.165) is 49.1 Å². The number of nitrogens with one attached hydrogen (secondary N) is 2. The number of aromatic amines is 1. The van der Waals surface area contributed by atoms with E-state index in [0.29, 0.717) is 30.2 Å². The number of anilines is 1. The first-order valence-electron chi connectivity index (χ1n) is 10.6. The molecule has 2 fully saturated rings. The van der Waals surface area contributed by atoms with Gasteiger partial charge in [0.15, 0.2) is 0 Å². The molecule has 5 rings (SSSR count). The Morgan fingerprint density at radius 1 is 1.03 bits per heavy atom. The normalized spacial score (nSPS) is 23.3. The maximum atomic E-state index is 13.0. The lowest BCUT2D eigenvalue weighted by molar-refractivity contribution is -0.141. The minimum absolute atomic E-state index is 0.325. The van der Waals surface area contributed by atoms with Gasteiger partial charge in [-0.05, 0) is 42.4 Å². The van der Waals surface area contributed by atoms with Gasteiger partial charge in [-0.3, -0.25) is 0 Å². The van der Waals surface area contributed by atoms with Crippen LogP contribution in [0.15, 0.2) is 54.7 Å². The maximum absolute atomic E-state index is 13.0. The second-order valence-electron chi connectivity index (χ2n) is 8.38. The molecule has 8 heteroatoms. The smallest absolute Gasteiger partial charge is 0.356 e. The van der Waals surface area contributed by atoms with Gasteiger partial charge in [0.2, 0.25) is 0 Å². The SMILES string of the molecule is FC(F)(F)c1cccc(N2C[C@H]3CC[C@H](NCc4ncc(-c5ccccc5)[nH]4)[C@H]3C2)n1. The van der Waals surface area contributed by atoms with Crippen LogP contribution >= 0.6 is 0 Å². The van der Waals surface area contributed by atoms with Crippen LogP contribution in [0, 0.1) is 11.8 Å². The highest BCUT2D eigenvalue weighted by molar-refractivity contribution is 5.58. The highest BCUT2D eigenvalue weighted by Crippen LogP contribution is 2.40. The summed E-state index contributed by atoms with van der Waals surface area (Å²) in [5.41, 5.74) is 1.26. The summed E-state index contributed by atoms with van der Waals surface area (Å²) in [5.74, 6) is 2.18. The lowest BCUT2D eigenvalue weighted by Gasteiger charge is -2.22. The van der Waals surface area contributed by atoms with Gasteiger partial charge in [-0.25, -0.2) is 9.97 Å². The Hall–Kier alpha value is -2.87. The number of fused-ring (bicyclic) bond motifs is 1. The third-order valence-corrected chi connectivity index (χ3v) is 6.45. The van der Waals surface area contributed by atoms with E-state index in [9.17, 15) is 13.2 Å². The van der Waals surface area contributed by atoms with Gasteiger partial charge in [-0.2, -0.15) is 13.2 Å². The molecule has 1 saturated heterocycles. The molecular formula is C23H24F3N5. The van der Waals surface area contributed by atoms with E-state index in [1.807, 2.05) is 41.4 Å². The topological polar surface area (TPSA) is 56.8 Å². The summed E-state index contributed by atoms with van der Waals surface area (Å²) >= 11 is 0. The van der Waals surface area contributed by atoms with Gasteiger partial charge >= 0.3 is 6.18 Å². The summed E-state index contributed by atoms with van der Waals surface area (Å²) in [5, 5.41) is 3.62. The molecule has 2 N–H and O–H groups in total. The van der Waals surface area contributed by atoms with Crippen LogP contribution < -0.4 is 10.2 Å². The Morgan fingerprint density at radius 3 is 2.68 bits per heavy atom. The molecule has 0 radical (unpaired) electrons. The van der Waals surface area contributed by atoms with Crippen molar-refractivity contribution in [2.45, 2.75) is 31.6 Å². The Labute approximate surface area is 178 Å². The zero-order chi connectivity index (χ0) is 21.4. The molecule has 162 valence electrons. The van der Waals surface area contributed by atoms with Crippen LogP contribution in [0.5, 0.6) is 0 Å². The molecule has 1 aliphatic carbocycles. The largest absolute Gasteiger partial charge is 0.433 e. The van der Waals surface area contributed by atoms with Gasteiger partial charge in [-0.15, -0.1) is 0 Å². The van der Waals surface area contributed by atoms with E-state index < -0.39 is 11.9 Å². The fourth-order valence-electron chi connectivity index (χ4n) is 4.91. The van der Waals surface area contributed by atoms with E-state index in [2.05, 4.69) is 20.3 Å². The van der Waals surface area contributed by atoms with E-state index in [1.165, 1.54) is 6.07 Å². The van der Waals surface area contributed by atoms with Crippen LogP contribution in [0.4, 0.5) is 19.0 Å². The molecule has 2 aromatic heterocycles. The van der Waals surface area contributed by atoms with E-state index in [1.54, 1.807) is 6.07 Å². The van der Waals surface area contributed by atoms with Crippen LogP contribution in [0.3, 0.4) is 0 Å². The molecule has 0 bridgehead atoms. The lowest BCUT2D eigenvalue weighted by Crippen LogP contribution is -2.35. The second-order valence-corrected chi connectivity index (χ2v) is 8.38. The Balaban J connectivity index is 1.21. The molecule has 3 heterocycles. The number of H-pyrrole nitrogens is 1. The monoisotopic (exact) mass is 427 g/mol. The molecule has 1 aliphatic heterocycles. The number of alkyl halides is 3. The zero-order valence-corrected chi connectivity index (χ0v) is 16.9. The van der Waals surface area contributed by atoms with Crippen LogP contribution in [0.2, 0.25) is 0 Å². The van der Waals surface area contributed by atoms with Crippen molar-refractivity contribution >= 4 is 5.82 Å². The average Bonchev–Trinajstić information content (AvgIpc) is 3.49. The minimum atomic E-state index is -4.42. The molecule has 0 unspecified atom stereocenters. The predicted octanol–water partition coefficient (Wildman–Crippen LogP) is 4.50. The molecule has 2 aliphatic rings. The predicted molar refractivity (Wildman–Crippen MR) is 112 cm³/mol. The van der Waals surface area contributed by atoms with Crippen molar-refractivity contribution in [3.05, 3.63) is 66.2 Å². The molecule has 5 nitrogen and oxygen atoms in total. The molecule has 1 aromatic carbocycles. The third-order valence-electron chi connectivity index (χ3n) is 6.45. The number of aromatic nitrogens is 3. The molecule has 3 aromatic rings. The average molecular weight is 427 g/mol. The summed E-state index contributed by atoms with van der Waals surface area (Å²) in [6.45, 7) is 2.13. The lowest BCUT2D eigenvalue weighted by atomic mass is 9.98. The molecule has 0 amide bonds. The molecule has 3 atom stereocenters. The van der Waals surface area contributed by atoms with Crippen molar-refractivity contribution in [1.29, 1.82) is 0 Å². The zero-order valence-electron chi connectivity index (χ0n) is 16.9. The number of benzene rings is 1. The first-order chi connectivity index (χ1) is 15.0. The van der Waals surface area contributed by atoms with Gasteiger partial charge < -0.3 is 15.2 Å². The van der Waals surface area contributed by atoms with Crippen molar-refractivity contribution in [3.63, 3.8) is 0 Å². The number of rotatable bonds is 5. The quantitative estimate of drug-likeness (QED) is 0.630. The Morgan fingerprint density at radius 2 is 1.87 bits per heavy atom. The fourth-order valence-corrected chi connectivity index (χ4v) is 4.91. The number of hydrogen-bond donors (Lipinski definition) is 2. The number of halogens is 3. The molecular weight excluding hydrogens is 403 g/mol. The van der Waals surface area contributed by atoms with Crippen LogP contribution in [-0.4, -0.2) is 34.1 Å². The van der Waals surface area contributed by atoms with E-state index in [4.69, 9.17) is 0 Å². The van der Waals surface area contributed by atoms with Crippen LogP contribution in [0.1, 0.15) is 24.4 Å². The van der Waals surface area contributed by atoms with Crippen molar-refractivity contribution in [2.75, 3.05) is 18.0 Å². The van der Waals surface area contributed by atoms with Crippen molar-refractivity contribution in [1.82, 2.24) is 20.3 Å². The Bertz CT molecular complexity index is 1030. The number of hydrogen-bond acceptors (Lipinski definition) is 4. The summed E-state index contributed by atoms with van der Waals surface area (Å²) in [4.78, 5) is 13.7. The van der Waals surface area contributed by atoms with Gasteiger partial charge in [0, 0.05) is 19.1 Å². The van der Waals surface area contributed by atoms with Gasteiger partial charge in [0.25, 0.3) is 0 Å². The highest BCUT2D eigenvalue weighted by atomic mass is 19.4. The summed E-state index contributed by atoms with van der Waals surface area (Å²) in [6, 6.07) is 14.5. The van der Waals surface area contributed by atoms with E-state index >= 15 is 0 Å².